The summed E-state index contributed by atoms with van der Waals surface area (Å²) in [5.74, 6) is 0.510. The fourth-order valence-corrected chi connectivity index (χ4v) is 4.89. The molecule has 5 rings (SSSR count). The van der Waals surface area contributed by atoms with E-state index in [0.29, 0.717) is 42.2 Å². The van der Waals surface area contributed by atoms with E-state index >= 15 is 0 Å². The number of ether oxygens (including phenoxy) is 1. The van der Waals surface area contributed by atoms with Crippen molar-refractivity contribution >= 4 is 17.5 Å². The number of amides is 2. The van der Waals surface area contributed by atoms with E-state index in [1.165, 1.54) is 12.3 Å². The van der Waals surface area contributed by atoms with Gasteiger partial charge in [0.2, 0.25) is 0 Å². The van der Waals surface area contributed by atoms with Crippen molar-refractivity contribution in [1.29, 1.82) is 0 Å². The van der Waals surface area contributed by atoms with E-state index in [2.05, 4.69) is 10.3 Å². The molecule has 1 fully saturated rings. The number of nitrogens with one attached hydrogen (secondary N) is 1. The lowest BCUT2D eigenvalue weighted by molar-refractivity contribution is 0.0595. The Labute approximate surface area is 190 Å². The summed E-state index contributed by atoms with van der Waals surface area (Å²) >= 11 is 0. The molecule has 3 aromatic rings. The molecule has 0 spiro atoms. The van der Waals surface area contributed by atoms with Crippen LogP contribution in [0.1, 0.15) is 38.7 Å². The van der Waals surface area contributed by atoms with Crippen LogP contribution >= 0.6 is 0 Å². The van der Waals surface area contributed by atoms with Crippen LogP contribution in [0.4, 0.5) is 5.69 Å². The molecule has 0 saturated carbocycles. The third kappa shape index (κ3) is 4.00. The van der Waals surface area contributed by atoms with Crippen LogP contribution in [0.3, 0.4) is 0 Å². The van der Waals surface area contributed by atoms with E-state index in [4.69, 9.17) is 4.74 Å². The fourth-order valence-electron chi connectivity index (χ4n) is 4.89. The number of pyridine rings is 2. The number of likely N-dealkylation sites (tertiary alicyclic amines) is 1. The first-order valence-electron chi connectivity index (χ1n) is 10.9. The van der Waals surface area contributed by atoms with Crippen LogP contribution in [0.5, 0.6) is 5.75 Å². The fraction of sp³-hybridized carbons (Fsp3) is 0.280. The Kier molecular flexibility index (Phi) is 5.42. The number of fused-ring (bicyclic) bond motifs is 4. The summed E-state index contributed by atoms with van der Waals surface area (Å²) in [5.41, 5.74) is 2.34. The highest BCUT2D eigenvalue weighted by molar-refractivity contribution is 6.04. The molecule has 8 nitrogen and oxygen atoms in total. The normalized spacial score (nSPS) is 18.9. The second-order valence-electron chi connectivity index (χ2n) is 8.51. The Balaban J connectivity index is 1.43. The number of rotatable bonds is 4. The Bertz CT molecular complexity index is 1250. The van der Waals surface area contributed by atoms with E-state index < -0.39 is 0 Å². The molecule has 1 aromatic carbocycles. The minimum absolute atomic E-state index is 0.0416. The molecule has 2 aliphatic rings. The zero-order valence-electron chi connectivity index (χ0n) is 18.2. The maximum absolute atomic E-state index is 13.2. The van der Waals surface area contributed by atoms with Crippen molar-refractivity contribution in [2.24, 2.45) is 5.92 Å². The third-order valence-corrected chi connectivity index (χ3v) is 6.39. The summed E-state index contributed by atoms with van der Waals surface area (Å²) in [7, 11) is 1.59. The topological polar surface area (TPSA) is 93.5 Å². The van der Waals surface area contributed by atoms with Gasteiger partial charge in [-0.2, -0.15) is 0 Å². The molecule has 1 N–H and O–H groups in total. The van der Waals surface area contributed by atoms with Crippen molar-refractivity contribution in [2.75, 3.05) is 25.5 Å². The van der Waals surface area contributed by atoms with Gasteiger partial charge >= 0.3 is 0 Å². The number of carbonyl (C=O) groups is 2. The summed E-state index contributed by atoms with van der Waals surface area (Å²) < 4.78 is 6.94. The van der Waals surface area contributed by atoms with Crippen LogP contribution in [-0.4, -0.2) is 46.5 Å². The number of benzene rings is 1. The van der Waals surface area contributed by atoms with E-state index in [-0.39, 0.29) is 29.2 Å². The molecule has 33 heavy (non-hydrogen) atoms. The van der Waals surface area contributed by atoms with Gasteiger partial charge in [-0.1, -0.05) is 0 Å². The number of hydrogen-bond donors (Lipinski definition) is 1. The Morgan fingerprint density at radius 3 is 2.58 bits per heavy atom. The third-order valence-electron chi connectivity index (χ3n) is 6.39. The summed E-state index contributed by atoms with van der Waals surface area (Å²) in [6, 6.07) is 13.6. The Morgan fingerprint density at radius 2 is 1.85 bits per heavy atom. The van der Waals surface area contributed by atoms with Crippen LogP contribution in [-0.2, 0) is 6.54 Å². The maximum atomic E-state index is 13.2. The van der Waals surface area contributed by atoms with Gasteiger partial charge in [-0.3, -0.25) is 19.4 Å². The van der Waals surface area contributed by atoms with Gasteiger partial charge in [0, 0.05) is 55.3 Å². The van der Waals surface area contributed by atoms with Gasteiger partial charge in [-0.15, -0.1) is 0 Å². The molecule has 2 amide bonds. The number of carbonyl (C=O) groups excluding carboxylic acids is 2. The first kappa shape index (κ1) is 20.9. The SMILES string of the molecule is COc1ccc(C(=O)N2CC3CC(C2)c2c(NC(=O)c4cccnc4)ccc(=O)n2C3)cc1. The van der Waals surface area contributed by atoms with E-state index in [1.807, 2.05) is 4.90 Å². The summed E-state index contributed by atoms with van der Waals surface area (Å²) in [6.45, 7) is 1.60. The van der Waals surface area contributed by atoms with Crippen molar-refractivity contribution in [3.05, 3.63) is 88.1 Å². The van der Waals surface area contributed by atoms with Crippen LogP contribution in [0.25, 0.3) is 0 Å². The number of nitrogens with zero attached hydrogens (tertiary/aromatic N) is 3. The van der Waals surface area contributed by atoms with E-state index in [1.54, 1.807) is 60.3 Å². The molecular formula is C25H24N4O4. The van der Waals surface area contributed by atoms with Crippen LogP contribution < -0.4 is 15.6 Å². The van der Waals surface area contributed by atoms with Gasteiger partial charge in [0.1, 0.15) is 5.75 Å². The lowest BCUT2D eigenvalue weighted by atomic mass is 9.82. The second-order valence-corrected chi connectivity index (χ2v) is 8.51. The van der Waals surface area contributed by atoms with Crippen LogP contribution in [0.2, 0.25) is 0 Å². The standard InChI is InChI=1S/C25H24N4O4/c1-33-20-6-4-17(5-7-20)25(32)28-13-16-11-19(15-28)23-21(8-9-22(30)29(23)14-16)27-24(31)18-3-2-10-26-12-18/h2-10,12,16,19H,11,13-15H2,1H3,(H,27,31). The molecule has 1 saturated heterocycles. The molecule has 2 aliphatic heterocycles. The molecular weight excluding hydrogens is 420 g/mol. The van der Waals surface area contributed by atoms with Gasteiger partial charge in [0.05, 0.1) is 18.4 Å². The van der Waals surface area contributed by atoms with Gasteiger partial charge in [0.15, 0.2) is 0 Å². The molecule has 168 valence electrons. The first-order valence-corrected chi connectivity index (χ1v) is 10.9. The largest absolute Gasteiger partial charge is 0.497 e. The predicted molar refractivity (Wildman–Crippen MR) is 123 cm³/mol. The lowest BCUT2D eigenvalue weighted by Crippen LogP contribution is -2.49. The molecule has 2 bridgehead atoms. The molecule has 8 heteroatoms. The summed E-state index contributed by atoms with van der Waals surface area (Å²) in [4.78, 5) is 44.5. The predicted octanol–water partition coefficient (Wildman–Crippen LogP) is 2.76. The van der Waals surface area contributed by atoms with Gasteiger partial charge in [0.25, 0.3) is 17.4 Å². The van der Waals surface area contributed by atoms with Gasteiger partial charge in [-0.05, 0) is 54.8 Å². The molecule has 4 heterocycles. The lowest BCUT2D eigenvalue weighted by Gasteiger charge is -2.43. The highest BCUT2D eigenvalue weighted by atomic mass is 16.5. The highest BCUT2D eigenvalue weighted by Gasteiger charge is 2.38. The van der Waals surface area contributed by atoms with Crippen molar-refractivity contribution in [3.8, 4) is 5.75 Å². The summed E-state index contributed by atoms with van der Waals surface area (Å²) in [5, 5.41) is 2.95. The number of piperidine rings is 1. The average Bonchev–Trinajstić information content (AvgIpc) is 2.85. The Morgan fingerprint density at radius 1 is 1.03 bits per heavy atom. The molecule has 2 aromatic heterocycles. The van der Waals surface area contributed by atoms with Crippen molar-refractivity contribution in [1.82, 2.24) is 14.5 Å². The molecule has 0 aliphatic carbocycles. The zero-order valence-corrected chi connectivity index (χ0v) is 18.2. The van der Waals surface area contributed by atoms with Crippen molar-refractivity contribution < 1.29 is 14.3 Å². The van der Waals surface area contributed by atoms with Crippen LogP contribution in [0, 0.1) is 5.92 Å². The van der Waals surface area contributed by atoms with E-state index in [0.717, 1.165) is 12.1 Å². The molecule has 2 atom stereocenters. The zero-order chi connectivity index (χ0) is 22.9. The van der Waals surface area contributed by atoms with E-state index in [9.17, 15) is 14.4 Å². The minimum atomic E-state index is -0.284. The maximum Gasteiger partial charge on any atom is 0.257 e. The number of hydrogen-bond acceptors (Lipinski definition) is 5. The number of methoxy groups -OCH3 is 1. The first-order chi connectivity index (χ1) is 16.0. The Hall–Kier alpha value is -3.94. The van der Waals surface area contributed by atoms with Gasteiger partial charge in [-0.25, -0.2) is 0 Å². The summed E-state index contributed by atoms with van der Waals surface area (Å²) in [6.07, 6.45) is 3.98. The average molecular weight is 444 g/mol. The molecule has 0 radical (unpaired) electrons. The van der Waals surface area contributed by atoms with Gasteiger partial charge < -0.3 is 19.5 Å². The van der Waals surface area contributed by atoms with Crippen molar-refractivity contribution in [2.45, 2.75) is 18.9 Å². The minimum Gasteiger partial charge on any atom is -0.497 e. The smallest absolute Gasteiger partial charge is 0.257 e. The monoisotopic (exact) mass is 444 g/mol. The molecule has 2 unspecified atom stereocenters. The van der Waals surface area contributed by atoms with Crippen LogP contribution in [0.15, 0.2) is 65.7 Å². The quantitative estimate of drug-likeness (QED) is 0.668. The highest BCUT2D eigenvalue weighted by Crippen LogP contribution is 2.39. The number of aromatic nitrogens is 2. The number of anilines is 1. The van der Waals surface area contributed by atoms with Crippen molar-refractivity contribution in [3.63, 3.8) is 0 Å². The second kappa shape index (κ2) is 8.54.